The quantitative estimate of drug-likeness (QED) is 0.608. The van der Waals surface area contributed by atoms with Gasteiger partial charge in [0.15, 0.2) is 5.69 Å². The number of halogens is 1. The minimum Gasteiger partial charge on any atom is -0.341 e. The van der Waals surface area contributed by atoms with Crippen LogP contribution in [0.15, 0.2) is 54.7 Å². The number of anilines is 1. The fourth-order valence-electron chi connectivity index (χ4n) is 4.68. The topological polar surface area (TPSA) is 45.4 Å². The van der Waals surface area contributed by atoms with E-state index in [1.165, 1.54) is 18.6 Å². The summed E-state index contributed by atoms with van der Waals surface area (Å²) < 4.78 is 13.5. The van der Waals surface area contributed by atoms with E-state index < -0.39 is 0 Å². The molecule has 1 N–H and O–H groups in total. The summed E-state index contributed by atoms with van der Waals surface area (Å²) in [7, 11) is 0. The predicted octanol–water partition coefficient (Wildman–Crippen LogP) is 5.08. The van der Waals surface area contributed by atoms with Crippen molar-refractivity contribution in [2.45, 2.75) is 19.3 Å². The second-order valence-corrected chi connectivity index (χ2v) is 8.51. The monoisotopic (exact) mass is 413 g/mol. The summed E-state index contributed by atoms with van der Waals surface area (Å²) in [4.78, 5) is 15.4. The molecule has 2 saturated heterocycles. The molecule has 5 nitrogen and oxygen atoms in total. The van der Waals surface area contributed by atoms with Crippen molar-refractivity contribution in [2.24, 2.45) is 5.41 Å². The molecule has 3 aromatic rings. The van der Waals surface area contributed by atoms with Crippen LogP contribution in [-0.4, -0.2) is 36.1 Å². The average Bonchev–Trinajstić information content (AvgIpc) is 3.28. The van der Waals surface area contributed by atoms with E-state index in [0.29, 0.717) is 11.1 Å². The van der Waals surface area contributed by atoms with Crippen molar-refractivity contribution in [1.29, 1.82) is 0 Å². The van der Waals surface area contributed by atoms with Crippen LogP contribution in [0.5, 0.6) is 0 Å². The molecule has 2 aliphatic rings. The molecule has 0 atom stereocenters. The van der Waals surface area contributed by atoms with E-state index in [0.717, 1.165) is 67.4 Å². The van der Waals surface area contributed by atoms with Crippen LogP contribution in [0.3, 0.4) is 0 Å². The molecule has 1 aromatic heterocycles. The minimum atomic E-state index is -0.270. The van der Waals surface area contributed by atoms with E-state index in [1.807, 2.05) is 18.3 Å². The van der Waals surface area contributed by atoms with Crippen molar-refractivity contribution >= 4 is 11.6 Å². The first-order chi connectivity index (χ1) is 15.2. The van der Waals surface area contributed by atoms with Gasteiger partial charge in [0.05, 0.1) is 12.3 Å². The summed E-state index contributed by atoms with van der Waals surface area (Å²) in [6.45, 7) is 11.3. The highest BCUT2D eigenvalue weighted by atomic mass is 19.1. The van der Waals surface area contributed by atoms with Gasteiger partial charge in [-0.1, -0.05) is 36.4 Å². The Morgan fingerprint density at radius 2 is 1.68 bits per heavy atom. The van der Waals surface area contributed by atoms with Crippen molar-refractivity contribution in [3.8, 4) is 22.4 Å². The lowest BCUT2D eigenvalue weighted by atomic mass is 9.78. The van der Waals surface area contributed by atoms with Gasteiger partial charge in [0.2, 0.25) is 5.95 Å². The zero-order chi connectivity index (χ0) is 21.3. The third-order valence-corrected chi connectivity index (χ3v) is 6.64. The molecule has 0 radical (unpaired) electrons. The molecule has 1 spiro atoms. The summed E-state index contributed by atoms with van der Waals surface area (Å²) in [5.41, 5.74) is 4.47. The van der Waals surface area contributed by atoms with Gasteiger partial charge in [-0.3, -0.25) is 0 Å². The van der Waals surface area contributed by atoms with Crippen molar-refractivity contribution < 1.29 is 4.39 Å². The number of piperidine rings is 1. The van der Waals surface area contributed by atoms with Crippen LogP contribution in [0.2, 0.25) is 0 Å². The highest BCUT2D eigenvalue weighted by molar-refractivity contribution is 5.81. The van der Waals surface area contributed by atoms with Gasteiger partial charge in [0.25, 0.3) is 0 Å². The van der Waals surface area contributed by atoms with Crippen LogP contribution in [0.4, 0.5) is 16.0 Å². The molecule has 2 fully saturated rings. The normalized spacial score (nSPS) is 17.6. The van der Waals surface area contributed by atoms with Gasteiger partial charge in [-0.2, -0.15) is 0 Å². The average molecular weight is 414 g/mol. The summed E-state index contributed by atoms with van der Waals surface area (Å²) in [5, 5.41) is 3.51. The SMILES string of the molecule is [C-]#[N+]c1ccc(-c2nc(N3CCC4(CCNC4)CC3)ncc2-c2ccc(F)cc2)cc1. The zero-order valence-electron chi connectivity index (χ0n) is 17.3. The Bertz CT molecular complexity index is 1100. The van der Waals surface area contributed by atoms with Crippen molar-refractivity contribution in [3.05, 3.63) is 72.0 Å². The van der Waals surface area contributed by atoms with Gasteiger partial charge in [0.1, 0.15) is 5.82 Å². The van der Waals surface area contributed by atoms with E-state index in [4.69, 9.17) is 16.5 Å². The maximum Gasteiger partial charge on any atom is 0.225 e. The molecule has 6 heteroatoms. The zero-order valence-corrected chi connectivity index (χ0v) is 17.3. The lowest BCUT2D eigenvalue weighted by Gasteiger charge is -2.39. The first kappa shape index (κ1) is 19.7. The number of benzene rings is 2. The summed E-state index contributed by atoms with van der Waals surface area (Å²) in [6.07, 6.45) is 5.40. The van der Waals surface area contributed by atoms with E-state index >= 15 is 0 Å². The molecule has 0 unspecified atom stereocenters. The van der Waals surface area contributed by atoms with Crippen LogP contribution in [0, 0.1) is 17.8 Å². The number of nitrogens with zero attached hydrogens (tertiary/aromatic N) is 4. The fourth-order valence-corrected chi connectivity index (χ4v) is 4.68. The number of hydrogen-bond donors (Lipinski definition) is 1. The molecule has 2 aliphatic heterocycles. The standard InChI is InChI=1S/C25H24FN5/c1-27-21-8-4-19(5-9-21)23-22(18-2-6-20(26)7-3-18)16-29-24(30-23)31-14-11-25(12-15-31)10-13-28-17-25/h2-9,16,28H,10-15,17H2. The molecule has 0 saturated carbocycles. The molecule has 0 bridgehead atoms. The highest BCUT2D eigenvalue weighted by Gasteiger charge is 2.37. The molecule has 3 heterocycles. The van der Waals surface area contributed by atoms with E-state index in [9.17, 15) is 4.39 Å². The second kappa shape index (κ2) is 8.09. The van der Waals surface area contributed by atoms with Gasteiger partial charge >= 0.3 is 0 Å². The largest absolute Gasteiger partial charge is 0.341 e. The predicted molar refractivity (Wildman–Crippen MR) is 120 cm³/mol. The fraction of sp³-hybridized carbons (Fsp3) is 0.320. The minimum absolute atomic E-state index is 0.270. The molecular weight excluding hydrogens is 389 g/mol. The molecule has 5 rings (SSSR count). The third-order valence-electron chi connectivity index (χ3n) is 6.64. The van der Waals surface area contributed by atoms with E-state index in [1.54, 1.807) is 24.3 Å². The summed E-state index contributed by atoms with van der Waals surface area (Å²) in [5.74, 6) is 0.462. The summed E-state index contributed by atoms with van der Waals surface area (Å²) in [6, 6.07) is 13.9. The first-order valence-electron chi connectivity index (χ1n) is 10.7. The Kier molecular flexibility index (Phi) is 5.13. The molecule has 156 valence electrons. The van der Waals surface area contributed by atoms with Crippen LogP contribution >= 0.6 is 0 Å². The Hall–Kier alpha value is -3.30. The van der Waals surface area contributed by atoms with Crippen LogP contribution < -0.4 is 10.2 Å². The van der Waals surface area contributed by atoms with Crippen LogP contribution in [0.1, 0.15) is 19.3 Å². The van der Waals surface area contributed by atoms with E-state index in [2.05, 4.69) is 15.1 Å². The number of rotatable bonds is 3. The third kappa shape index (κ3) is 3.89. The van der Waals surface area contributed by atoms with Crippen molar-refractivity contribution in [3.63, 3.8) is 0 Å². The van der Waals surface area contributed by atoms with Crippen LogP contribution in [-0.2, 0) is 0 Å². The Balaban J connectivity index is 1.51. The first-order valence-corrected chi connectivity index (χ1v) is 10.7. The Morgan fingerprint density at radius 3 is 2.32 bits per heavy atom. The van der Waals surface area contributed by atoms with E-state index in [-0.39, 0.29) is 5.82 Å². The molecular formula is C25H24FN5. The summed E-state index contributed by atoms with van der Waals surface area (Å²) >= 11 is 0. The second-order valence-electron chi connectivity index (χ2n) is 8.51. The van der Waals surface area contributed by atoms with Gasteiger partial charge in [-0.25, -0.2) is 19.2 Å². The maximum absolute atomic E-state index is 13.5. The van der Waals surface area contributed by atoms with Crippen LogP contribution in [0.25, 0.3) is 27.2 Å². The number of aromatic nitrogens is 2. The van der Waals surface area contributed by atoms with Crippen molar-refractivity contribution in [2.75, 3.05) is 31.1 Å². The smallest absolute Gasteiger partial charge is 0.225 e. The lowest BCUT2D eigenvalue weighted by Crippen LogP contribution is -2.42. The molecule has 2 aromatic carbocycles. The number of hydrogen-bond acceptors (Lipinski definition) is 4. The highest BCUT2D eigenvalue weighted by Crippen LogP contribution is 2.38. The number of nitrogens with one attached hydrogen (secondary N) is 1. The van der Waals surface area contributed by atoms with Gasteiger partial charge < -0.3 is 10.2 Å². The molecule has 0 amide bonds. The lowest BCUT2D eigenvalue weighted by molar-refractivity contribution is 0.246. The molecule has 31 heavy (non-hydrogen) atoms. The Labute approximate surface area is 181 Å². The van der Waals surface area contributed by atoms with Gasteiger partial charge in [-0.15, -0.1) is 0 Å². The maximum atomic E-state index is 13.5. The van der Waals surface area contributed by atoms with Gasteiger partial charge in [-0.05, 0) is 54.5 Å². The molecule has 0 aliphatic carbocycles. The van der Waals surface area contributed by atoms with Gasteiger partial charge in [0, 0.05) is 31.4 Å². The van der Waals surface area contributed by atoms with Crippen molar-refractivity contribution in [1.82, 2.24) is 15.3 Å². The Morgan fingerprint density at radius 1 is 0.968 bits per heavy atom.